The summed E-state index contributed by atoms with van der Waals surface area (Å²) in [6.45, 7) is 1.35. The maximum absolute atomic E-state index is 13.5. The van der Waals surface area contributed by atoms with E-state index in [4.69, 9.17) is 21.0 Å². The number of hydrogen-bond donors (Lipinski definition) is 1. The third kappa shape index (κ3) is 4.40. The highest BCUT2D eigenvalue weighted by molar-refractivity contribution is 7.89. The zero-order valence-corrected chi connectivity index (χ0v) is 23.2. The van der Waals surface area contributed by atoms with E-state index in [2.05, 4.69) is 15.6 Å². The SMILES string of the molecule is COCCCN1C(=O)c2cccc3c(NC(=O)C4CCCN(S(=O)(=O)c5ccc(Cl)c6nonc56)C4)ccc1c23. The van der Waals surface area contributed by atoms with Crippen LogP contribution in [0.15, 0.2) is 52.0 Å². The van der Waals surface area contributed by atoms with Crippen molar-refractivity contribution in [3.8, 4) is 0 Å². The summed E-state index contributed by atoms with van der Waals surface area (Å²) >= 11 is 6.11. The van der Waals surface area contributed by atoms with Crippen LogP contribution in [0.1, 0.15) is 29.6 Å². The molecule has 1 unspecified atom stereocenters. The van der Waals surface area contributed by atoms with E-state index in [0.717, 1.165) is 16.5 Å². The van der Waals surface area contributed by atoms with E-state index < -0.39 is 15.9 Å². The maximum atomic E-state index is 13.5. The Morgan fingerprint density at radius 3 is 2.83 bits per heavy atom. The van der Waals surface area contributed by atoms with Crippen LogP contribution in [-0.2, 0) is 19.6 Å². The number of nitrogens with one attached hydrogen (secondary N) is 1. The van der Waals surface area contributed by atoms with Crippen molar-refractivity contribution < 1.29 is 27.4 Å². The van der Waals surface area contributed by atoms with Gasteiger partial charge in [-0.25, -0.2) is 13.0 Å². The summed E-state index contributed by atoms with van der Waals surface area (Å²) in [6, 6.07) is 11.9. The average Bonchev–Trinajstić information content (AvgIpc) is 3.56. The second kappa shape index (κ2) is 10.4. The Balaban J connectivity index is 1.24. The first-order chi connectivity index (χ1) is 19.3. The number of sulfonamides is 1. The summed E-state index contributed by atoms with van der Waals surface area (Å²) < 4.78 is 38.3. The fourth-order valence-corrected chi connectivity index (χ4v) is 7.34. The molecule has 3 aromatic carbocycles. The molecule has 2 aliphatic rings. The van der Waals surface area contributed by atoms with Crippen LogP contribution in [0.4, 0.5) is 11.4 Å². The number of carbonyl (C=O) groups is 2. The number of nitrogens with zero attached hydrogens (tertiary/aromatic N) is 4. The Hall–Kier alpha value is -3.58. The zero-order valence-electron chi connectivity index (χ0n) is 21.6. The monoisotopic (exact) mass is 583 g/mol. The number of fused-ring (bicyclic) bond motifs is 1. The van der Waals surface area contributed by atoms with Crippen molar-refractivity contribution in [3.63, 3.8) is 0 Å². The van der Waals surface area contributed by atoms with Crippen molar-refractivity contribution in [2.75, 3.05) is 43.6 Å². The van der Waals surface area contributed by atoms with E-state index in [-0.39, 0.29) is 45.9 Å². The van der Waals surface area contributed by atoms with E-state index in [9.17, 15) is 18.0 Å². The number of benzene rings is 3. The van der Waals surface area contributed by atoms with Gasteiger partial charge in [-0.05, 0) is 59.9 Å². The normalized spacial score (nSPS) is 17.7. The van der Waals surface area contributed by atoms with Gasteiger partial charge in [0.1, 0.15) is 4.90 Å². The molecule has 3 heterocycles. The summed E-state index contributed by atoms with van der Waals surface area (Å²) in [5.41, 5.74) is 2.18. The molecule has 1 N–H and O–H groups in total. The molecule has 6 rings (SSSR count). The lowest BCUT2D eigenvalue weighted by molar-refractivity contribution is -0.120. The van der Waals surface area contributed by atoms with E-state index in [1.807, 2.05) is 12.1 Å². The van der Waals surface area contributed by atoms with Crippen molar-refractivity contribution >= 4 is 66.6 Å². The molecule has 11 nitrogen and oxygen atoms in total. The van der Waals surface area contributed by atoms with Crippen LogP contribution in [0.5, 0.6) is 0 Å². The van der Waals surface area contributed by atoms with Crippen LogP contribution in [0.25, 0.3) is 21.8 Å². The molecule has 40 heavy (non-hydrogen) atoms. The van der Waals surface area contributed by atoms with Crippen LogP contribution in [-0.4, -0.2) is 68.2 Å². The quantitative estimate of drug-likeness (QED) is 0.307. The van der Waals surface area contributed by atoms with Crippen molar-refractivity contribution in [2.24, 2.45) is 5.92 Å². The number of halogens is 1. The largest absolute Gasteiger partial charge is 0.385 e. The number of hydrogen-bond acceptors (Lipinski definition) is 8. The molecule has 1 aromatic heterocycles. The van der Waals surface area contributed by atoms with Crippen molar-refractivity contribution in [2.45, 2.75) is 24.2 Å². The predicted octanol–water partition coefficient (Wildman–Crippen LogP) is 4.07. The third-order valence-electron chi connectivity index (χ3n) is 7.47. The van der Waals surface area contributed by atoms with Gasteiger partial charge in [-0.15, -0.1) is 0 Å². The second-order valence-electron chi connectivity index (χ2n) is 9.86. The molecule has 0 spiro atoms. The van der Waals surface area contributed by atoms with Gasteiger partial charge in [0.05, 0.1) is 16.6 Å². The lowest BCUT2D eigenvalue weighted by atomic mass is 9.98. The molecule has 0 bridgehead atoms. The third-order valence-corrected chi connectivity index (χ3v) is 9.68. The number of rotatable bonds is 8. The van der Waals surface area contributed by atoms with Crippen molar-refractivity contribution in [1.82, 2.24) is 14.6 Å². The molecule has 1 atom stereocenters. The number of anilines is 2. The minimum atomic E-state index is -3.99. The minimum absolute atomic E-state index is 0.0105. The van der Waals surface area contributed by atoms with Gasteiger partial charge in [0, 0.05) is 55.4 Å². The fourth-order valence-electron chi connectivity index (χ4n) is 5.51. The van der Waals surface area contributed by atoms with Gasteiger partial charge in [-0.2, -0.15) is 4.31 Å². The molecule has 13 heteroatoms. The highest BCUT2D eigenvalue weighted by atomic mass is 35.5. The summed E-state index contributed by atoms with van der Waals surface area (Å²) in [5, 5.41) is 12.2. The average molecular weight is 584 g/mol. The first kappa shape index (κ1) is 26.6. The predicted molar refractivity (Wildman–Crippen MR) is 149 cm³/mol. The molecule has 0 saturated carbocycles. The lowest BCUT2D eigenvalue weighted by Crippen LogP contribution is -2.43. The van der Waals surface area contributed by atoms with Gasteiger partial charge in [0.2, 0.25) is 15.9 Å². The van der Waals surface area contributed by atoms with Gasteiger partial charge in [0.15, 0.2) is 11.0 Å². The minimum Gasteiger partial charge on any atom is -0.385 e. The molecular weight excluding hydrogens is 558 g/mol. The van der Waals surface area contributed by atoms with E-state index >= 15 is 0 Å². The molecule has 2 aliphatic heterocycles. The summed E-state index contributed by atoms with van der Waals surface area (Å²) in [7, 11) is -2.37. The Morgan fingerprint density at radius 1 is 1.18 bits per heavy atom. The molecule has 2 amide bonds. The first-order valence-corrected chi connectivity index (χ1v) is 14.7. The number of amides is 2. The van der Waals surface area contributed by atoms with E-state index in [0.29, 0.717) is 43.7 Å². The Morgan fingerprint density at radius 2 is 2.00 bits per heavy atom. The van der Waals surface area contributed by atoms with Gasteiger partial charge in [-0.3, -0.25) is 9.59 Å². The molecule has 208 valence electrons. The number of carbonyl (C=O) groups excluding carboxylic acids is 2. The van der Waals surface area contributed by atoms with E-state index in [1.54, 1.807) is 30.2 Å². The maximum Gasteiger partial charge on any atom is 0.258 e. The summed E-state index contributed by atoms with van der Waals surface area (Å²) in [4.78, 5) is 28.2. The van der Waals surface area contributed by atoms with Crippen LogP contribution in [0.3, 0.4) is 0 Å². The molecule has 1 fully saturated rings. The molecule has 4 aromatic rings. The van der Waals surface area contributed by atoms with Crippen LogP contribution < -0.4 is 10.2 Å². The zero-order chi connectivity index (χ0) is 28.0. The number of aromatic nitrogens is 2. The highest BCUT2D eigenvalue weighted by Crippen LogP contribution is 2.41. The number of piperidine rings is 1. The summed E-state index contributed by atoms with van der Waals surface area (Å²) in [6.07, 6.45) is 1.75. The Bertz CT molecular complexity index is 1760. The van der Waals surface area contributed by atoms with Crippen molar-refractivity contribution in [3.05, 3.63) is 53.1 Å². The van der Waals surface area contributed by atoms with Crippen LogP contribution in [0, 0.1) is 5.92 Å². The van der Waals surface area contributed by atoms with E-state index in [1.165, 1.54) is 16.4 Å². The first-order valence-electron chi connectivity index (χ1n) is 12.9. The lowest BCUT2D eigenvalue weighted by Gasteiger charge is -2.31. The van der Waals surface area contributed by atoms with Gasteiger partial charge >= 0.3 is 0 Å². The molecule has 0 radical (unpaired) electrons. The second-order valence-corrected chi connectivity index (χ2v) is 12.2. The molecule has 1 saturated heterocycles. The number of ether oxygens (including phenoxy) is 1. The standard InChI is InChI=1S/C27H26ClN5O6S/c1-38-14-4-13-33-21-10-9-20(17-6-2-7-18(23(17)21)27(33)35)29-26(34)16-5-3-12-32(15-16)40(36,37)22-11-8-19(28)24-25(22)31-39-30-24/h2,6-11,16H,3-5,12-15H2,1H3,(H,29,34). The molecule has 0 aliphatic carbocycles. The van der Waals surface area contributed by atoms with Gasteiger partial charge in [-0.1, -0.05) is 23.7 Å². The van der Waals surface area contributed by atoms with Crippen molar-refractivity contribution in [1.29, 1.82) is 0 Å². The van der Waals surface area contributed by atoms with Gasteiger partial charge in [0.25, 0.3) is 5.91 Å². The number of methoxy groups -OCH3 is 1. The molecular formula is C27H26ClN5O6S. The fraction of sp³-hybridized carbons (Fsp3) is 0.333. The van der Waals surface area contributed by atoms with Crippen LogP contribution in [0.2, 0.25) is 5.02 Å². The van der Waals surface area contributed by atoms with Gasteiger partial charge < -0.3 is 15.0 Å². The highest BCUT2D eigenvalue weighted by Gasteiger charge is 2.36. The Labute approximate surface area is 235 Å². The Kier molecular flexibility index (Phi) is 6.95. The topological polar surface area (TPSA) is 135 Å². The smallest absolute Gasteiger partial charge is 0.258 e. The summed E-state index contributed by atoms with van der Waals surface area (Å²) in [5.74, 6) is -0.935. The van der Waals surface area contributed by atoms with Crippen LogP contribution >= 0.6 is 11.6 Å².